The highest BCUT2D eigenvalue weighted by Gasteiger charge is 2.05. The minimum absolute atomic E-state index is 0.248. The van der Waals surface area contributed by atoms with E-state index in [9.17, 15) is 4.39 Å². The third-order valence-electron chi connectivity index (χ3n) is 3.39. The quantitative estimate of drug-likeness (QED) is 0.595. The van der Waals surface area contributed by atoms with Gasteiger partial charge in [-0.25, -0.2) is 9.37 Å². The Labute approximate surface area is 146 Å². The van der Waals surface area contributed by atoms with Crippen molar-refractivity contribution < 1.29 is 9.13 Å². The second-order valence-corrected chi connectivity index (χ2v) is 6.65. The molecule has 0 aliphatic heterocycles. The molecule has 1 heterocycles. The molecule has 0 amide bonds. The number of rotatable bonds is 7. The number of aromatic nitrogens is 1. The molecule has 2 rings (SSSR count). The van der Waals surface area contributed by atoms with Crippen LogP contribution >= 0.6 is 11.3 Å². The van der Waals surface area contributed by atoms with Gasteiger partial charge in [0.2, 0.25) is 0 Å². The first-order valence-electron chi connectivity index (χ1n) is 7.74. The van der Waals surface area contributed by atoms with Gasteiger partial charge in [-0.1, -0.05) is 6.07 Å². The summed E-state index contributed by atoms with van der Waals surface area (Å²) in [7, 11) is 3.28. The summed E-state index contributed by atoms with van der Waals surface area (Å²) < 4.78 is 18.6. The summed E-state index contributed by atoms with van der Waals surface area (Å²) in [5, 5.41) is 7.59. The van der Waals surface area contributed by atoms with Gasteiger partial charge in [-0.2, -0.15) is 0 Å². The minimum atomic E-state index is -0.248. The molecular weight excluding hydrogens is 327 g/mol. The Kier molecular flexibility index (Phi) is 7.14. The van der Waals surface area contributed by atoms with E-state index >= 15 is 0 Å². The van der Waals surface area contributed by atoms with Crippen molar-refractivity contribution in [3.63, 3.8) is 0 Å². The summed E-state index contributed by atoms with van der Waals surface area (Å²) in [5.41, 5.74) is 1.53. The Balaban J connectivity index is 1.81. The van der Waals surface area contributed by atoms with E-state index in [1.165, 1.54) is 10.9 Å². The maximum absolute atomic E-state index is 13.6. The van der Waals surface area contributed by atoms with Crippen LogP contribution in [0.5, 0.6) is 0 Å². The van der Waals surface area contributed by atoms with E-state index < -0.39 is 0 Å². The van der Waals surface area contributed by atoms with Crippen molar-refractivity contribution >= 4 is 17.3 Å². The lowest BCUT2D eigenvalue weighted by Gasteiger charge is -2.12. The van der Waals surface area contributed by atoms with E-state index in [1.54, 1.807) is 37.6 Å². The zero-order valence-corrected chi connectivity index (χ0v) is 15.0. The summed E-state index contributed by atoms with van der Waals surface area (Å²) >= 11 is 1.71. The average molecular weight is 350 g/mol. The minimum Gasteiger partial charge on any atom is -0.380 e. The second kappa shape index (κ2) is 9.34. The van der Waals surface area contributed by atoms with Crippen LogP contribution in [0.2, 0.25) is 0 Å². The number of hydrogen-bond acceptors (Lipinski definition) is 4. The molecule has 0 bridgehead atoms. The molecule has 0 radical (unpaired) electrons. The fourth-order valence-corrected chi connectivity index (χ4v) is 3.00. The van der Waals surface area contributed by atoms with Crippen molar-refractivity contribution in [2.24, 2.45) is 4.99 Å². The number of hydrogen-bond donors (Lipinski definition) is 2. The molecule has 0 aliphatic rings. The van der Waals surface area contributed by atoms with Crippen LogP contribution in [0.1, 0.15) is 21.0 Å². The molecule has 130 valence electrons. The lowest BCUT2D eigenvalue weighted by molar-refractivity contribution is 0.181. The van der Waals surface area contributed by atoms with E-state index in [0.29, 0.717) is 18.1 Å². The normalized spacial score (nSPS) is 11.6. The number of halogens is 1. The molecule has 0 saturated heterocycles. The van der Waals surface area contributed by atoms with Crippen LogP contribution in [0.3, 0.4) is 0 Å². The number of methoxy groups -OCH3 is 1. The maximum atomic E-state index is 13.6. The summed E-state index contributed by atoms with van der Waals surface area (Å²) in [5.74, 6) is 0.461. The van der Waals surface area contributed by atoms with Gasteiger partial charge in [-0.15, -0.1) is 11.3 Å². The summed E-state index contributed by atoms with van der Waals surface area (Å²) in [6.45, 7) is 3.63. The number of benzene rings is 1. The largest absolute Gasteiger partial charge is 0.380 e. The number of aliphatic imine (C=N–C) groups is 1. The summed E-state index contributed by atoms with van der Waals surface area (Å²) in [6, 6.07) is 5.02. The van der Waals surface area contributed by atoms with Crippen molar-refractivity contribution in [1.82, 2.24) is 15.6 Å². The molecule has 0 atom stereocenters. The highest BCUT2D eigenvalue weighted by Crippen LogP contribution is 2.12. The van der Waals surface area contributed by atoms with Gasteiger partial charge in [0.25, 0.3) is 0 Å². The van der Waals surface area contributed by atoms with Gasteiger partial charge in [-0.3, -0.25) is 4.99 Å². The van der Waals surface area contributed by atoms with Gasteiger partial charge < -0.3 is 15.4 Å². The second-order valence-electron chi connectivity index (χ2n) is 5.33. The topological polar surface area (TPSA) is 58.5 Å². The highest BCUT2D eigenvalue weighted by molar-refractivity contribution is 7.11. The molecule has 0 spiro atoms. The number of nitrogens with one attached hydrogen (secondary N) is 2. The van der Waals surface area contributed by atoms with Gasteiger partial charge in [0.15, 0.2) is 5.96 Å². The monoisotopic (exact) mass is 350 g/mol. The molecule has 1 aromatic carbocycles. The standard InChI is InChI=1S/C17H23FN4OS/c1-12-9-21-16(24-12)6-7-20-17(19-2)22-10-13-4-5-15(18)14(8-13)11-23-3/h4-5,8-9H,6-7,10-11H2,1-3H3,(H2,19,20,22). The molecule has 2 N–H and O–H groups in total. The zero-order valence-electron chi connectivity index (χ0n) is 14.2. The number of guanidine groups is 1. The van der Waals surface area contributed by atoms with Crippen LogP contribution in [-0.2, 0) is 24.3 Å². The van der Waals surface area contributed by atoms with Gasteiger partial charge in [0, 0.05) is 50.3 Å². The fourth-order valence-electron chi connectivity index (χ4n) is 2.22. The molecule has 0 aliphatic carbocycles. The lowest BCUT2D eigenvalue weighted by Crippen LogP contribution is -2.37. The lowest BCUT2D eigenvalue weighted by atomic mass is 10.1. The van der Waals surface area contributed by atoms with E-state index in [2.05, 4.69) is 27.5 Å². The van der Waals surface area contributed by atoms with Crippen LogP contribution < -0.4 is 10.6 Å². The van der Waals surface area contributed by atoms with Crippen LogP contribution in [0.25, 0.3) is 0 Å². The van der Waals surface area contributed by atoms with E-state index in [0.717, 1.165) is 23.5 Å². The molecule has 5 nitrogen and oxygen atoms in total. The van der Waals surface area contributed by atoms with Gasteiger partial charge in [0.1, 0.15) is 5.82 Å². The van der Waals surface area contributed by atoms with Crippen molar-refractivity contribution in [3.05, 3.63) is 51.2 Å². The SMILES string of the molecule is CN=C(NCCc1ncc(C)s1)NCc1ccc(F)c(COC)c1. The maximum Gasteiger partial charge on any atom is 0.191 e. The Morgan fingerprint density at radius 3 is 2.88 bits per heavy atom. The van der Waals surface area contributed by atoms with Crippen molar-refractivity contribution in [2.45, 2.75) is 26.5 Å². The van der Waals surface area contributed by atoms with Gasteiger partial charge in [-0.05, 0) is 24.6 Å². The van der Waals surface area contributed by atoms with E-state index in [-0.39, 0.29) is 12.4 Å². The Morgan fingerprint density at radius 1 is 1.38 bits per heavy atom. The predicted octanol–water partition coefficient (Wildman–Crippen LogP) is 2.64. The first kappa shape index (κ1) is 18.4. The first-order valence-corrected chi connectivity index (χ1v) is 8.56. The number of nitrogens with zero attached hydrogens (tertiary/aromatic N) is 2. The molecule has 7 heteroatoms. The number of ether oxygens (including phenoxy) is 1. The van der Waals surface area contributed by atoms with Crippen molar-refractivity contribution in [1.29, 1.82) is 0 Å². The third-order valence-corrected chi connectivity index (χ3v) is 4.37. The molecule has 0 unspecified atom stereocenters. The Hall–Kier alpha value is -1.99. The summed E-state index contributed by atoms with van der Waals surface area (Å²) in [4.78, 5) is 9.75. The van der Waals surface area contributed by atoms with Crippen molar-refractivity contribution in [2.75, 3.05) is 20.7 Å². The van der Waals surface area contributed by atoms with E-state index in [4.69, 9.17) is 4.74 Å². The summed E-state index contributed by atoms with van der Waals surface area (Å²) in [6.07, 6.45) is 2.74. The molecule has 2 aromatic rings. The highest BCUT2D eigenvalue weighted by atomic mass is 32.1. The number of aryl methyl sites for hydroxylation is 1. The first-order chi connectivity index (χ1) is 11.6. The van der Waals surface area contributed by atoms with Crippen molar-refractivity contribution in [3.8, 4) is 0 Å². The van der Waals surface area contributed by atoms with E-state index in [1.807, 2.05) is 6.20 Å². The van der Waals surface area contributed by atoms with Crippen LogP contribution in [0, 0.1) is 12.7 Å². The van der Waals surface area contributed by atoms with Crippen LogP contribution in [0.15, 0.2) is 29.4 Å². The number of thiazole rings is 1. The zero-order chi connectivity index (χ0) is 17.4. The molecule has 24 heavy (non-hydrogen) atoms. The molecule has 0 saturated carbocycles. The smallest absolute Gasteiger partial charge is 0.191 e. The predicted molar refractivity (Wildman–Crippen MR) is 95.9 cm³/mol. The molecule has 1 aromatic heterocycles. The van der Waals surface area contributed by atoms with Crippen LogP contribution in [0.4, 0.5) is 4.39 Å². The molecular formula is C17H23FN4OS. The Morgan fingerprint density at radius 2 is 2.21 bits per heavy atom. The Bertz CT molecular complexity index is 687. The van der Waals surface area contributed by atoms with Gasteiger partial charge >= 0.3 is 0 Å². The third kappa shape index (κ3) is 5.58. The van der Waals surface area contributed by atoms with Gasteiger partial charge in [0.05, 0.1) is 11.6 Å². The fraction of sp³-hybridized carbons (Fsp3) is 0.412. The molecule has 0 fully saturated rings. The van der Waals surface area contributed by atoms with Crippen LogP contribution in [-0.4, -0.2) is 31.6 Å². The average Bonchev–Trinajstić information content (AvgIpc) is 2.99.